The summed E-state index contributed by atoms with van der Waals surface area (Å²) in [6.07, 6.45) is 0.868. The van der Waals surface area contributed by atoms with Gasteiger partial charge in [0.2, 0.25) is 11.3 Å². The van der Waals surface area contributed by atoms with Crippen LogP contribution in [0.25, 0.3) is 0 Å². The largest absolute Gasteiger partial charge is 0.294 e. The van der Waals surface area contributed by atoms with Gasteiger partial charge in [0.25, 0.3) is 0 Å². The van der Waals surface area contributed by atoms with E-state index in [1.54, 1.807) is 4.31 Å². The predicted octanol–water partition coefficient (Wildman–Crippen LogP) is 1.63. The zero-order chi connectivity index (χ0) is 9.07. The predicted molar refractivity (Wildman–Crippen MR) is 47.5 cm³/mol. The quantitative estimate of drug-likeness (QED) is 0.666. The van der Waals surface area contributed by atoms with Crippen molar-refractivity contribution in [2.75, 3.05) is 6.54 Å². The average Bonchev–Trinajstić information content (AvgIpc) is 1.88. The number of rotatable bonds is 4. The van der Waals surface area contributed by atoms with Gasteiger partial charge in [0.15, 0.2) is 0 Å². The van der Waals surface area contributed by atoms with E-state index in [1.165, 1.54) is 0 Å². The fourth-order valence-corrected chi connectivity index (χ4v) is 1.70. The lowest BCUT2D eigenvalue weighted by Crippen LogP contribution is -2.44. The molecule has 0 amide bonds. The molecule has 3 nitrogen and oxygen atoms in total. The first-order valence-electron chi connectivity index (χ1n) is 3.84. The second-order valence-electron chi connectivity index (χ2n) is 3.09. The topological polar surface area (TPSA) is 40.5 Å². The van der Waals surface area contributed by atoms with Crippen molar-refractivity contribution < 1.29 is 8.76 Å². The summed E-state index contributed by atoms with van der Waals surface area (Å²) in [5.74, 6) is 0. The molecule has 68 valence electrons. The molecule has 0 saturated carbocycles. The summed E-state index contributed by atoms with van der Waals surface area (Å²) in [4.78, 5) is 0. The lowest BCUT2D eigenvalue weighted by Gasteiger charge is -2.33. The van der Waals surface area contributed by atoms with Crippen molar-refractivity contribution >= 4 is 11.3 Å². The minimum Gasteiger partial charge on any atom is -0.294 e. The maximum absolute atomic E-state index is 10.8. The van der Waals surface area contributed by atoms with Gasteiger partial charge in [-0.3, -0.25) is 4.55 Å². The monoisotopic (exact) mass is 179 g/mol. The Morgan fingerprint density at radius 1 is 1.45 bits per heavy atom. The van der Waals surface area contributed by atoms with E-state index in [2.05, 4.69) is 0 Å². The van der Waals surface area contributed by atoms with E-state index in [9.17, 15) is 4.21 Å². The van der Waals surface area contributed by atoms with Gasteiger partial charge in [-0.15, -0.1) is 0 Å². The lowest BCUT2D eigenvalue weighted by atomic mass is 10.0. The van der Waals surface area contributed by atoms with E-state index < -0.39 is 11.3 Å². The zero-order valence-corrected chi connectivity index (χ0v) is 8.44. The molecule has 0 rings (SSSR count). The first kappa shape index (κ1) is 11.1. The molecule has 0 heterocycles. The summed E-state index contributed by atoms with van der Waals surface area (Å²) in [5, 5.41) is 0. The van der Waals surface area contributed by atoms with Crippen molar-refractivity contribution in [2.24, 2.45) is 0 Å². The van der Waals surface area contributed by atoms with Gasteiger partial charge >= 0.3 is 0 Å². The minimum absolute atomic E-state index is 0.186. The van der Waals surface area contributed by atoms with Crippen LogP contribution in [0.4, 0.5) is 0 Å². The molecule has 0 spiro atoms. The zero-order valence-electron chi connectivity index (χ0n) is 7.63. The Balaban J connectivity index is 4.36. The highest BCUT2D eigenvalue weighted by atomic mass is 32.2. The molecule has 4 heteroatoms. The van der Waals surface area contributed by atoms with Crippen molar-refractivity contribution in [3.05, 3.63) is 0 Å². The number of hydrogen-bond acceptors (Lipinski definition) is 1. The van der Waals surface area contributed by atoms with E-state index in [0.29, 0.717) is 6.54 Å². The van der Waals surface area contributed by atoms with Gasteiger partial charge in [0, 0.05) is 12.1 Å². The third kappa shape index (κ3) is 2.89. The summed E-state index contributed by atoms with van der Waals surface area (Å²) in [6.45, 7) is 8.42. The van der Waals surface area contributed by atoms with Crippen LogP contribution < -0.4 is 0 Å². The lowest BCUT2D eigenvalue weighted by molar-refractivity contribution is 0.225. The number of nitrogens with zero attached hydrogens (tertiary/aromatic N) is 1. The molecule has 0 bridgehead atoms. The Morgan fingerprint density at radius 3 is 2.00 bits per heavy atom. The molecule has 1 atom stereocenters. The van der Waals surface area contributed by atoms with Crippen LogP contribution in [0, 0.1) is 0 Å². The molecule has 0 aliphatic carbocycles. The normalized spacial score (nSPS) is 15.5. The third-order valence-corrected chi connectivity index (χ3v) is 3.15. The van der Waals surface area contributed by atoms with Crippen LogP contribution in [0.5, 0.6) is 0 Å². The Morgan fingerprint density at radius 2 is 1.91 bits per heavy atom. The fourth-order valence-electron chi connectivity index (χ4n) is 0.926. The van der Waals surface area contributed by atoms with Gasteiger partial charge in [0.05, 0.1) is 0 Å². The molecule has 0 saturated heterocycles. The van der Waals surface area contributed by atoms with E-state index in [0.717, 1.165) is 6.42 Å². The fraction of sp³-hybridized carbons (Fsp3) is 1.00. The maximum atomic E-state index is 10.8. The highest BCUT2D eigenvalue weighted by Crippen LogP contribution is 2.18. The second kappa shape index (κ2) is 4.18. The molecule has 0 aliphatic heterocycles. The van der Waals surface area contributed by atoms with Crippen LogP contribution in [-0.2, 0) is 11.3 Å². The van der Waals surface area contributed by atoms with Crippen LogP contribution in [0.3, 0.4) is 0 Å². The average molecular weight is 179 g/mol. The van der Waals surface area contributed by atoms with Crippen molar-refractivity contribution in [1.82, 2.24) is 4.31 Å². The Bertz CT molecular complexity index is 147. The number of hydrogen-bond donors (Lipinski definition) is 1. The maximum Gasteiger partial charge on any atom is 0.234 e. The molecule has 0 fully saturated rings. The highest BCUT2D eigenvalue weighted by molar-refractivity contribution is 7.76. The van der Waals surface area contributed by atoms with Crippen molar-refractivity contribution in [3.8, 4) is 0 Å². The van der Waals surface area contributed by atoms with Crippen LogP contribution in [-0.4, -0.2) is 25.2 Å². The van der Waals surface area contributed by atoms with Gasteiger partial charge in [-0.25, -0.2) is 4.21 Å². The SMILES string of the molecule is CCN(S(=O)O)C(C)(C)CC. The molecular weight excluding hydrogens is 162 g/mol. The van der Waals surface area contributed by atoms with E-state index >= 15 is 0 Å². The van der Waals surface area contributed by atoms with Crippen molar-refractivity contribution in [2.45, 2.75) is 39.7 Å². The molecular formula is C7H17NO2S. The molecule has 1 N–H and O–H groups in total. The van der Waals surface area contributed by atoms with E-state index in [1.807, 2.05) is 27.7 Å². The Hall–Kier alpha value is 0.0700. The summed E-state index contributed by atoms with van der Waals surface area (Å²) < 4.78 is 21.2. The van der Waals surface area contributed by atoms with Gasteiger partial charge in [-0.2, -0.15) is 4.31 Å². The van der Waals surface area contributed by atoms with E-state index in [-0.39, 0.29) is 5.54 Å². The first-order valence-corrected chi connectivity index (χ1v) is 4.90. The Kier molecular flexibility index (Phi) is 4.21. The summed E-state index contributed by atoms with van der Waals surface area (Å²) in [5.41, 5.74) is -0.186. The minimum atomic E-state index is -1.84. The molecule has 0 aromatic carbocycles. The van der Waals surface area contributed by atoms with Gasteiger partial charge in [0.1, 0.15) is 0 Å². The molecule has 0 aromatic rings. The van der Waals surface area contributed by atoms with Crippen LogP contribution >= 0.6 is 0 Å². The van der Waals surface area contributed by atoms with Crippen molar-refractivity contribution in [1.29, 1.82) is 0 Å². The summed E-state index contributed by atoms with van der Waals surface area (Å²) in [6, 6.07) is 0. The molecule has 0 aliphatic rings. The van der Waals surface area contributed by atoms with Crippen LogP contribution in [0.2, 0.25) is 0 Å². The third-order valence-electron chi connectivity index (χ3n) is 2.02. The Labute approximate surface area is 71.2 Å². The molecule has 0 radical (unpaired) electrons. The van der Waals surface area contributed by atoms with Gasteiger partial charge in [-0.1, -0.05) is 13.8 Å². The first-order chi connectivity index (χ1) is 4.95. The summed E-state index contributed by atoms with van der Waals surface area (Å²) in [7, 11) is 0. The second-order valence-corrected chi connectivity index (χ2v) is 3.99. The van der Waals surface area contributed by atoms with Crippen LogP contribution in [0.15, 0.2) is 0 Å². The van der Waals surface area contributed by atoms with Gasteiger partial charge < -0.3 is 0 Å². The molecule has 1 unspecified atom stereocenters. The molecule has 11 heavy (non-hydrogen) atoms. The van der Waals surface area contributed by atoms with E-state index in [4.69, 9.17) is 4.55 Å². The molecule has 0 aromatic heterocycles. The van der Waals surface area contributed by atoms with Crippen LogP contribution in [0.1, 0.15) is 34.1 Å². The smallest absolute Gasteiger partial charge is 0.234 e. The highest BCUT2D eigenvalue weighted by Gasteiger charge is 2.27. The van der Waals surface area contributed by atoms with Crippen molar-refractivity contribution in [3.63, 3.8) is 0 Å². The summed E-state index contributed by atoms with van der Waals surface area (Å²) >= 11 is -1.84. The standard InChI is InChI=1S/C7H17NO2S/c1-5-7(3,4)8(6-2)11(9)10/h5-6H2,1-4H3,(H,9,10). The van der Waals surface area contributed by atoms with Gasteiger partial charge in [-0.05, 0) is 20.3 Å².